The van der Waals surface area contributed by atoms with Crippen molar-refractivity contribution in [3.05, 3.63) is 104 Å². The number of hydrazine groups is 1. The number of aliphatic hydroxyl groups excluding tert-OH is 1. The van der Waals surface area contributed by atoms with Crippen LogP contribution in [0.3, 0.4) is 0 Å². The predicted octanol–water partition coefficient (Wildman–Crippen LogP) is 5.93. The molecule has 0 saturated heterocycles. The summed E-state index contributed by atoms with van der Waals surface area (Å²) < 4.78 is 13.1. The number of nitrogens with one attached hydrogen (secondary N) is 2. The molecule has 1 heterocycles. The highest BCUT2D eigenvalue weighted by Crippen LogP contribution is 2.43. The quantitative estimate of drug-likeness (QED) is 0.0714. The number of ether oxygens (including phenoxy) is 2. The van der Waals surface area contributed by atoms with E-state index < -0.39 is 11.6 Å². The van der Waals surface area contributed by atoms with E-state index >= 15 is 0 Å². The maximum atomic E-state index is 14.1. The fourth-order valence-electron chi connectivity index (χ4n) is 4.46. The topological polar surface area (TPSA) is 141 Å². The summed E-state index contributed by atoms with van der Waals surface area (Å²) in [7, 11) is 0. The van der Waals surface area contributed by atoms with Gasteiger partial charge in [-0.2, -0.15) is 0 Å². The second-order valence-electron chi connectivity index (χ2n) is 10.1. The highest BCUT2D eigenvalue weighted by atomic mass is 79.9. The van der Waals surface area contributed by atoms with Gasteiger partial charge in [-0.05, 0) is 59.0 Å². The van der Waals surface area contributed by atoms with Gasteiger partial charge >= 0.3 is 0 Å². The van der Waals surface area contributed by atoms with Crippen molar-refractivity contribution < 1.29 is 19.4 Å². The minimum atomic E-state index is -1.44. The van der Waals surface area contributed by atoms with E-state index in [0.29, 0.717) is 54.0 Å². The highest BCUT2D eigenvalue weighted by Gasteiger charge is 2.53. The number of azide groups is 1. The van der Waals surface area contributed by atoms with Gasteiger partial charge in [0.2, 0.25) is 5.90 Å². The summed E-state index contributed by atoms with van der Waals surface area (Å²) in [6, 6.07) is 22.0. The Morgan fingerprint density at radius 3 is 2.59 bits per heavy atom. The fraction of sp³-hybridized carbons (Fsp3) is 0.333. The first-order valence-corrected chi connectivity index (χ1v) is 14.2. The standard InChI is InChI=1S/C30H33BrN6O4/c1-20(2)19-33-36-29(39)30(18-23-6-3-4-7-26(23)35-37-32)27(21-8-12-24(31)13-9-21)41-28(34-30)22-10-14-25(15-11-22)40-17-5-16-38/h3-4,6-15,20,27,33,38H,5,16-19H2,1-2H3,(H,36,39)/t27-,30-/m0/s1. The molecule has 1 aliphatic rings. The van der Waals surface area contributed by atoms with Crippen molar-refractivity contribution in [2.24, 2.45) is 16.0 Å². The molecule has 2 atom stereocenters. The van der Waals surface area contributed by atoms with Crippen molar-refractivity contribution in [1.82, 2.24) is 10.9 Å². The van der Waals surface area contributed by atoms with Crippen molar-refractivity contribution in [2.45, 2.75) is 38.3 Å². The molecule has 0 fully saturated rings. The van der Waals surface area contributed by atoms with Gasteiger partial charge in [0.25, 0.3) is 5.91 Å². The molecule has 1 aliphatic heterocycles. The predicted molar refractivity (Wildman–Crippen MR) is 161 cm³/mol. The molecule has 0 aliphatic carbocycles. The lowest BCUT2D eigenvalue weighted by Crippen LogP contribution is -2.54. The number of rotatable bonds is 13. The number of carbonyl (C=O) groups excluding carboxylic acids is 1. The van der Waals surface area contributed by atoms with Gasteiger partial charge in [-0.25, -0.2) is 10.4 Å². The molecule has 3 N–H and O–H groups in total. The average molecular weight is 622 g/mol. The third-order valence-corrected chi connectivity index (χ3v) is 7.05. The molecule has 10 nitrogen and oxygen atoms in total. The van der Waals surface area contributed by atoms with Crippen LogP contribution in [-0.2, 0) is 16.0 Å². The summed E-state index contributed by atoms with van der Waals surface area (Å²) in [4.78, 5) is 22.1. The van der Waals surface area contributed by atoms with Gasteiger partial charge in [0, 0.05) is 46.6 Å². The van der Waals surface area contributed by atoms with E-state index in [4.69, 9.17) is 19.6 Å². The van der Waals surface area contributed by atoms with E-state index in [1.54, 1.807) is 24.3 Å². The Morgan fingerprint density at radius 2 is 1.90 bits per heavy atom. The molecule has 0 saturated carbocycles. The van der Waals surface area contributed by atoms with E-state index in [1.807, 2.05) is 62.4 Å². The summed E-state index contributed by atoms with van der Waals surface area (Å²) in [5.41, 5.74) is 16.1. The molecule has 1 amide bonds. The van der Waals surface area contributed by atoms with Crippen molar-refractivity contribution >= 4 is 33.4 Å². The number of hydrogen-bond donors (Lipinski definition) is 3. The van der Waals surface area contributed by atoms with Gasteiger partial charge < -0.3 is 14.6 Å². The highest BCUT2D eigenvalue weighted by molar-refractivity contribution is 9.10. The summed E-state index contributed by atoms with van der Waals surface area (Å²) in [6.07, 6.45) is -0.137. The Hall–Kier alpha value is -3.89. The Kier molecular flexibility index (Phi) is 10.4. The molecule has 0 bridgehead atoms. The smallest absolute Gasteiger partial charge is 0.266 e. The minimum Gasteiger partial charge on any atom is -0.494 e. The molecular formula is C30H33BrN6O4. The average Bonchev–Trinajstić information content (AvgIpc) is 3.35. The molecular weight excluding hydrogens is 588 g/mol. The number of aliphatic hydroxyl groups is 1. The molecule has 214 valence electrons. The summed E-state index contributed by atoms with van der Waals surface area (Å²) in [5.74, 6) is 0.882. The number of carbonyl (C=O) groups is 1. The minimum absolute atomic E-state index is 0.0547. The fourth-order valence-corrected chi connectivity index (χ4v) is 4.72. The lowest BCUT2D eigenvalue weighted by molar-refractivity contribution is -0.130. The number of halogens is 1. The van der Waals surface area contributed by atoms with E-state index in [2.05, 4.69) is 36.8 Å². The number of amides is 1. The number of nitrogens with zero attached hydrogens (tertiary/aromatic N) is 4. The van der Waals surface area contributed by atoms with Gasteiger partial charge in [0.05, 0.1) is 6.61 Å². The second kappa shape index (κ2) is 14.1. The van der Waals surface area contributed by atoms with Crippen LogP contribution in [-0.4, -0.2) is 42.2 Å². The third kappa shape index (κ3) is 7.45. The van der Waals surface area contributed by atoms with Gasteiger partial charge in [-0.1, -0.05) is 71.3 Å². The van der Waals surface area contributed by atoms with Crippen molar-refractivity contribution in [2.75, 3.05) is 19.8 Å². The zero-order valence-electron chi connectivity index (χ0n) is 23.0. The molecule has 0 aromatic heterocycles. The van der Waals surface area contributed by atoms with Crippen molar-refractivity contribution in [3.8, 4) is 5.75 Å². The number of aliphatic imine (C=N–C) groups is 1. The van der Waals surface area contributed by atoms with Gasteiger partial charge in [-0.15, -0.1) is 0 Å². The van der Waals surface area contributed by atoms with Crippen molar-refractivity contribution in [1.29, 1.82) is 0 Å². The lowest BCUT2D eigenvalue weighted by Gasteiger charge is -2.31. The first-order chi connectivity index (χ1) is 19.9. The normalized spacial score (nSPS) is 17.9. The summed E-state index contributed by atoms with van der Waals surface area (Å²) in [5, 5.41) is 12.9. The lowest BCUT2D eigenvalue weighted by atomic mass is 9.81. The van der Waals surface area contributed by atoms with Crippen LogP contribution in [0.5, 0.6) is 5.75 Å². The summed E-state index contributed by atoms with van der Waals surface area (Å²) in [6.45, 7) is 5.11. The Labute approximate surface area is 247 Å². The van der Waals surface area contributed by atoms with Gasteiger partial charge in [0.15, 0.2) is 11.6 Å². The largest absolute Gasteiger partial charge is 0.494 e. The molecule has 0 unspecified atom stereocenters. The van der Waals surface area contributed by atoms with Crippen LogP contribution < -0.4 is 15.6 Å². The third-order valence-electron chi connectivity index (χ3n) is 6.52. The first-order valence-electron chi connectivity index (χ1n) is 13.4. The van der Waals surface area contributed by atoms with E-state index in [-0.39, 0.29) is 18.9 Å². The SMILES string of the molecule is CC(C)CNNC(=O)[C@@]1(Cc2ccccc2N=[N+]=[N-])N=C(c2ccc(OCCCO)cc2)O[C@H]1c1ccc(Br)cc1. The Bertz CT molecular complexity index is 1410. The monoisotopic (exact) mass is 620 g/mol. The van der Waals surface area contributed by atoms with Crippen LogP contribution in [0.2, 0.25) is 0 Å². The first kappa shape index (κ1) is 30.1. The van der Waals surface area contributed by atoms with Gasteiger partial charge in [0.1, 0.15) is 5.75 Å². The van der Waals surface area contributed by atoms with Crippen LogP contribution in [0, 0.1) is 5.92 Å². The van der Waals surface area contributed by atoms with E-state index in [9.17, 15) is 10.3 Å². The van der Waals surface area contributed by atoms with Crippen LogP contribution in [0.4, 0.5) is 5.69 Å². The Balaban J connectivity index is 1.80. The summed E-state index contributed by atoms with van der Waals surface area (Å²) >= 11 is 3.49. The van der Waals surface area contributed by atoms with Gasteiger partial charge in [-0.3, -0.25) is 10.2 Å². The molecule has 4 rings (SSSR count). The van der Waals surface area contributed by atoms with Crippen LogP contribution in [0.1, 0.15) is 43.1 Å². The molecule has 3 aromatic rings. The zero-order valence-corrected chi connectivity index (χ0v) is 24.5. The van der Waals surface area contributed by atoms with Crippen LogP contribution in [0.15, 0.2) is 87.4 Å². The van der Waals surface area contributed by atoms with E-state index in [1.165, 1.54) is 0 Å². The van der Waals surface area contributed by atoms with E-state index in [0.717, 1.165) is 10.0 Å². The van der Waals surface area contributed by atoms with Crippen LogP contribution in [0.25, 0.3) is 10.4 Å². The molecule has 3 aromatic carbocycles. The molecule has 0 radical (unpaired) electrons. The molecule has 41 heavy (non-hydrogen) atoms. The molecule has 11 heteroatoms. The van der Waals surface area contributed by atoms with Crippen molar-refractivity contribution in [3.63, 3.8) is 0 Å². The number of benzene rings is 3. The zero-order chi connectivity index (χ0) is 29.2. The second-order valence-corrected chi connectivity index (χ2v) is 11.0. The maximum absolute atomic E-state index is 14.1. The Morgan fingerprint density at radius 1 is 1.17 bits per heavy atom. The van der Waals surface area contributed by atoms with Crippen LogP contribution >= 0.6 is 15.9 Å². The molecule has 0 spiro atoms. The number of hydrogen-bond acceptors (Lipinski definition) is 7. The maximum Gasteiger partial charge on any atom is 0.266 e.